The highest BCUT2D eigenvalue weighted by Gasteiger charge is 2.52. The Morgan fingerprint density at radius 1 is 1.26 bits per heavy atom. The molecule has 142 valence electrons. The Morgan fingerprint density at radius 2 is 1.89 bits per heavy atom. The van der Waals surface area contributed by atoms with Crippen LogP contribution in [0.1, 0.15) is 36.2 Å². The SMILES string of the molecule is CC1(C)CC2(C=C(C#N)C1=O)CN(C(=O)c1ccc(C(F)(F)F)c(F)c1)C2. The number of ketones is 1. The van der Waals surface area contributed by atoms with Gasteiger partial charge in [-0.15, -0.1) is 0 Å². The van der Waals surface area contributed by atoms with Crippen LogP contribution in [0, 0.1) is 28.0 Å². The molecule has 0 bridgehead atoms. The van der Waals surface area contributed by atoms with Crippen molar-refractivity contribution in [1.82, 2.24) is 4.90 Å². The average molecular weight is 380 g/mol. The molecule has 1 aliphatic carbocycles. The van der Waals surface area contributed by atoms with Crippen molar-refractivity contribution in [3.05, 3.63) is 46.8 Å². The highest BCUT2D eigenvalue weighted by molar-refractivity contribution is 6.04. The first-order valence-corrected chi connectivity index (χ1v) is 8.22. The first-order chi connectivity index (χ1) is 12.4. The van der Waals surface area contributed by atoms with Gasteiger partial charge in [0.2, 0.25) is 0 Å². The van der Waals surface area contributed by atoms with Crippen LogP contribution in [-0.4, -0.2) is 29.7 Å². The van der Waals surface area contributed by atoms with Gasteiger partial charge in [0.25, 0.3) is 5.91 Å². The molecule has 1 saturated heterocycles. The molecule has 3 rings (SSSR count). The van der Waals surface area contributed by atoms with Crippen molar-refractivity contribution in [1.29, 1.82) is 5.26 Å². The number of hydrogen-bond donors (Lipinski definition) is 0. The van der Waals surface area contributed by atoms with Crippen LogP contribution in [0.3, 0.4) is 0 Å². The summed E-state index contributed by atoms with van der Waals surface area (Å²) in [4.78, 5) is 26.0. The maximum absolute atomic E-state index is 13.7. The van der Waals surface area contributed by atoms with Crippen LogP contribution >= 0.6 is 0 Å². The first-order valence-electron chi connectivity index (χ1n) is 8.22. The molecular formula is C19H16F4N2O2. The van der Waals surface area contributed by atoms with Crippen molar-refractivity contribution in [2.75, 3.05) is 13.1 Å². The number of Topliss-reactive ketones (excluding diaryl/α,β-unsaturated/α-hetero) is 1. The van der Waals surface area contributed by atoms with E-state index in [1.165, 1.54) is 4.90 Å². The number of amides is 1. The normalized spacial score (nSPS) is 20.7. The fourth-order valence-electron chi connectivity index (χ4n) is 3.95. The van der Waals surface area contributed by atoms with Crippen LogP contribution in [0.25, 0.3) is 0 Å². The van der Waals surface area contributed by atoms with Crippen molar-refractivity contribution in [3.63, 3.8) is 0 Å². The summed E-state index contributed by atoms with van der Waals surface area (Å²) in [5, 5.41) is 9.17. The predicted molar refractivity (Wildman–Crippen MR) is 86.8 cm³/mol. The molecule has 0 atom stereocenters. The van der Waals surface area contributed by atoms with Crippen molar-refractivity contribution >= 4 is 11.7 Å². The summed E-state index contributed by atoms with van der Waals surface area (Å²) in [6.45, 7) is 3.90. The number of benzene rings is 1. The number of halogens is 4. The average Bonchev–Trinajstić information content (AvgIpc) is 2.53. The minimum atomic E-state index is -4.83. The van der Waals surface area contributed by atoms with Crippen molar-refractivity contribution < 1.29 is 27.2 Å². The minimum Gasteiger partial charge on any atom is -0.337 e. The summed E-state index contributed by atoms with van der Waals surface area (Å²) < 4.78 is 51.6. The Hall–Kier alpha value is -2.69. The second-order valence-electron chi connectivity index (χ2n) is 7.78. The van der Waals surface area contributed by atoms with Gasteiger partial charge in [-0.05, 0) is 24.6 Å². The van der Waals surface area contributed by atoms with E-state index in [1.807, 2.05) is 6.07 Å². The number of nitrogens with zero attached hydrogens (tertiary/aromatic N) is 2. The van der Waals surface area contributed by atoms with Gasteiger partial charge in [0.1, 0.15) is 11.9 Å². The fourth-order valence-corrected chi connectivity index (χ4v) is 3.95. The standard InChI is InChI=1S/C19H16F4N2O2/c1-17(2)8-18(6-12(7-24)15(17)26)9-25(10-18)16(27)11-3-4-13(14(20)5-11)19(21,22)23/h3-6H,8-10H2,1-2H3. The lowest BCUT2D eigenvalue weighted by molar-refractivity contribution is -0.140. The lowest BCUT2D eigenvalue weighted by Crippen LogP contribution is -2.60. The van der Waals surface area contributed by atoms with E-state index < -0.39 is 34.3 Å². The highest BCUT2D eigenvalue weighted by atomic mass is 19.4. The van der Waals surface area contributed by atoms with Gasteiger partial charge in [0, 0.05) is 29.5 Å². The van der Waals surface area contributed by atoms with E-state index in [1.54, 1.807) is 19.9 Å². The van der Waals surface area contributed by atoms with Gasteiger partial charge < -0.3 is 4.90 Å². The summed E-state index contributed by atoms with van der Waals surface area (Å²) in [6, 6.07) is 3.97. The molecule has 1 aromatic carbocycles. The summed E-state index contributed by atoms with van der Waals surface area (Å²) in [5.41, 5.74) is -2.81. The molecule has 0 N–H and O–H groups in total. The zero-order valence-electron chi connectivity index (χ0n) is 14.7. The number of likely N-dealkylation sites (tertiary alicyclic amines) is 1. The zero-order valence-corrected chi connectivity index (χ0v) is 14.7. The molecule has 4 nitrogen and oxygen atoms in total. The molecule has 1 aliphatic heterocycles. The van der Waals surface area contributed by atoms with Gasteiger partial charge in [-0.2, -0.15) is 18.4 Å². The molecule has 0 unspecified atom stereocenters. The lowest BCUT2D eigenvalue weighted by atomic mass is 9.61. The lowest BCUT2D eigenvalue weighted by Gasteiger charge is -2.53. The zero-order chi connectivity index (χ0) is 20.2. The van der Waals surface area contributed by atoms with E-state index in [4.69, 9.17) is 5.26 Å². The molecule has 1 spiro atoms. The Labute approximate surface area is 153 Å². The molecule has 1 fully saturated rings. The third-order valence-corrected chi connectivity index (χ3v) is 5.04. The maximum Gasteiger partial charge on any atom is 0.419 e. The molecule has 1 amide bonds. The Bertz CT molecular complexity index is 903. The number of hydrogen-bond acceptors (Lipinski definition) is 3. The maximum atomic E-state index is 13.7. The van der Waals surface area contributed by atoms with Crippen LogP contribution in [-0.2, 0) is 11.0 Å². The number of allylic oxidation sites excluding steroid dienone is 1. The molecule has 1 aromatic rings. The van der Waals surface area contributed by atoms with Gasteiger partial charge in [0.05, 0.1) is 11.1 Å². The van der Waals surface area contributed by atoms with Crippen LogP contribution in [0.2, 0.25) is 0 Å². The monoisotopic (exact) mass is 380 g/mol. The molecule has 0 radical (unpaired) electrons. The van der Waals surface area contributed by atoms with E-state index >= 15 is 0 Å². The summed E-state index contributed by atoms with van der Waals surface area (Å²) in [6.07, 6.45) is -2.79. The van der Waals surface area contributed by atoms with Gasteiger partial charge in [-0.3, -0.25) is 9.59 Å². The minimum absolute atomic E-state index is 0.0546. The number of nitriles is 1. The van der Waals surface area contributed by atoms with Gasteiger partial charge >= 0.3 is 6.18 Å². The van der Waals surface area contributed by atoms with Gasteiger partial charge in [-0.25, -0.2) is 4.39 Å². The molecule has 0 aromatic heterocycles. The Kier molecular flexibility index (Phi) is 4.18. The third kappa shape index (κ3) is 3.22. The van der Waals surface area contributed by atoms with Crippen LogP contribution < -0.4 is 0 Å². The Morgan fingerprint density at radius 3 is 2.41 bits per heavy atom. The second-order valence-corrected chi connectivity index (χ2v) is 7.78. The highest BCUT2D eigenvalue weighted by Crippen LogP contribution is 2.48. The molecule has 0 saturated carbocycles. The quantitative estimate of drug-likeness (QED) is 0.698. The largest absolute Gasteiger partial charge is 0.419 e. The predicted octanol–water partition coefficient (Wildman–Crippen LogP) is 3.74. The third-order valence-electron chi connectivity index (χ3n) is 5.04. The second kappa shape index (κ2) is 5.91. The van der Waals surface area contributed by atoms with Crippen molar-refractivity contribution in [2.24, 2.45) is 10.8 Å². The topological polar surface area (TPSA) is 61.2 Å². The van der Waals surface area contributed by atoms with E-state index in [-0.39, 0.29) is 30.0 Å². The summed E-state index contributed by atoms with van der Waals surface area (Å²) >= 11 is 0. The van der Waals surface area contributed by atoms with Gasteiger partial charge in [0.15, 0.2) is 5.78 Å². The van der Waals surface area contributed by atoms with Crippen LogP contribution in [0.15, 0.2) is 29.8 Å². The van der Waals surface area contributed by atoms with E-state index in [0.717, 1.165) is 6.07 Å². The fraction of sp³-hybridized carbons (Fsp3) is 0.421. The number of alkyl halides is 3. The van der Waals surface area contributed by atoms with E-state index in [9.17, 15) is 27.2 Å². The number of carbonyl (C=O) groups is 2. The van der Waals surface area contributed by atoms with Crippen LogP contribution in [0.5, 0.6) is 0 Å². The smallest absolute Gasteiger partial charge is 0.337 e. The van der Waals surface area contributed by atoms with Crippen LogP contribution in [0.4, 0.5) is 17.6 Å². The van der Waals surface area contributed by atoms with Crippen molar-refractivity contribution in [3.8, 4) is 6.07 Å². The van der Waals surface area contributed by atoms with E-state index in [0.29, 0.717) is 18.6 Å². The van der Waals surface area contributed by atoms with E-state index in [2.05, 4.69) is 0 Å². The summed E-state index contributed by atoms with van der Waals surface area (Å²) in [7, 11) is 0. The number of carbonyl (C=O) groups excluding carboxylic acids is 2. The Balaban J connectivity index is 1.79. The first kappa shape index (κ1) is 19.1. The summed E-state index contributed by atoms with van der Waals surface area (Å²) in [5.74, 6) is -2.33. The van der Waals surface area contributed by atoms with Gasteiger partial charge in [-0.1, -0.05) is 19.9 Å². The molecule has 27 heavy (non-hydrogen) atoms. The van der Waals surface area contributed by atoms with Crippen molar-refractivity contribution in [2.45, 2.75) is 26.4 Å². The molecule has 1 heterocycles. The number of rotatable bonds is 1. The molecule has 8 heteroatoms. The molecular weight excluding hydrogens is 364 g/mol. The molecule has 2 aliphatic rings.